The summed E-state index contributed by atoms with van der Waals surface area (Å²) in [6, 6.07) is 0. The first-order valence-corrected chi connectivity index (χ1v) is 8.45. The van der Waals surface area contributed by atoms with Crippen LogP contribution in [-0.4, -0.2) is 9.66 Å². The van der Waals surface area contributed by atoms with Crippen LogP contribution in [0.15, 0.2) is 4.79 Å². The highest BCUT2D eigenvalue weighted by Crippen LogP contribution is 2.43. The van der Waals surface area contributed by atoms with Crippen LogP contribution in [0.25, 0.3) is 10.2 Å². The maximum atomic E-state index is 12.4. The lowest BCUT2D eigenvalue weighted by molar-refractivity contribution is 0.184. The Labute approximate surface area is 129 Å². The van der Waals surface area contributed by atoms with Gasteiger partial charge in [0, 0.05) is 4.88 Å². The zero-order valence-corrected chi connectivity index (χ0v) is 14.0. The van der Waals surface area contributed by atoms with Crippen molar-refractivity contribution in [3.63, 3.8) is 0 Å². The molecule has 0 aliphatic heterocycles. The van der Waals surface area contributed by atoms with Crippen molar-refractivity contribution in [1.82, 2.24) is 9.66 Å². The van der Waals surface area contributed by atoms with E-state index in [4.69, 9.17) is 5.84 Å². The number of rotatable bonds is 2. The Morgan fingerprint density at radius 2 is 2.19 bits per heavy atom. The quantitative estimate of drug-likeness (QED) is 0.868. The van der Waals surface area contributed by atoms with E-state index in [0.717, 1.165) is 29.5 Å². The summed E-state index contributed by atoms with van der Waals surface area (Å²) in [6.07, 6.45) is 4.38. The lowest BCUT2D eigenvalue weighted by Crippen LogP contribution is -2.31. The number of fused-ring (bicyclic) bond motifs is 3. The first kappa shape index (κ1) is 14.6. The number of aromatic nitrogens is 2. The molecule has 114 valence electrons. The number of thiophene rings is 1. The molecular weight excluding hydrogens is 282 g/mol. The van der Waals surface area contributed by atoms with E-state index in [0.29, 0.717) is 17.2 Å². The molecule has 0 saturated carbocycles. The molecule has 2 N–H and O–H groups in total. The van der Waals surface area contributed by atoms with Gasteiger partial charge in [0.15, 0.2) is 0 Å². The van der Waals surface area contributed by atoms with Gasteiger partial charge in [0.1, 0.15) is 10.7 Å². The van der Waals surface area contributed by atoms with Gasteiger partial charge < -0.3 is 5.84 Å². The molecule has 2 aromatic rings. The summed E-state index contributed by atoms with van der Waals surface area (Å²) in [6.45, 7) is 8.75. The number of hydrogen-bond donors (Lipinski definition) is 1. The van der Waals surface area contributed by atoms with E-state index in [1.807, 2.05) is 0 Å². The van der Waals surface area contributed by atoms with Crippen molar-refractivity contribution < 1.29 is 0 Å². The van der Waals surface area contributed by atoms with Crippen molar-refractivity contribution in [2.45, 2.75) is 53.4 Å². The topological polar surface area (TPSA) is 60.9 Å². The molecule has 0 amide bonds. The Morgan fingerprint density at radius 1 is 1.48 bits per heavy atom. The molecule has 2 aromatic heterocycles. The van der Waals surface area contributed by atoms with Crippen LogP contribution in [0.3, 0.4) is 0 Å². The molecule has 4 nitrogen and oxygen atoms in total. The van der Waals surface area contributed by atoms with Gasteiger partial charge in [0.05, 0.1) is 5.39 Å². The van der Waals surface area contributed by atoms with E-state index in [9.17, 15) is 4.79 Å². The van der Waals surface area contributed by atoms with Crippen LogP contribution < -0.4 is 11.4 Å². The molecule has 0 fully saturated rings. The highest BCUT2D eigenvalue weighted by molar-refractivity contribution is 7.18. The molecule has 1 atom stereocenters. The fraction of sp³-hybridized carbons (Fsp3) is 0.625. The standard InChI is InChI=1S/C16H23N3OS/c1-5-16(3,4)10-6-7-11-12(8-10)21-14-13(11)15(20)19(17)9(2)18-14/h10H,5-8,17H2,1-4H3. The van der Waals surface area contributed by atoms with Gasteiger partial charge in [-0.25, -0.2) is 9.66 Å². The van der Waals surface area contributed by atoms with Crippen molar-refractivity contribution in [2.75, 3.05) is 5.84 Å². The first-order chi connectivity index (χ1) is 9.85. The number of nitrogen functional groups attached to an aromatic ring is 1. The number of nitrogens with zero attached hydrogens (tertiary/aromatic N) is 2. The minimum Gasteiger partial charge on any atom is -0.335 e. The number of aryl methyl sites for hydroxylation is 2. The van der Waals surface area contributed by atoms with Gasteiger partial charge in [-0.15, -0.1) is 11.3 Å². The summed E-state index contributed by atoms with van der Waals surface area (Å²) in [4.78, 5) is 19.1. The maximum Gasteiger partial charge on any atom is 0.280 e. The van der Waals surface area contributed by atoms with E-state index in [2.05, 4.69) is 25.8 Å². The zero-order valence-electron chi connectivity index (χ0n) is 13.2. The Balaban J connectivity index is 2.12. The summed E-state index contributed by atoms with van der Waals surface area (Å²) in [7, 11) is 0. The monoisotopic (exact) mass is 305 g/mol. The van der Waals surface area contributed by atoms with Gasteiger partial charge in [0.25, 0.3) is 5.56 Å². The minimum atomic E-state index is -0.0943. The summed E-state index contributed by atoms with van der Waals surface area (Å²) in [5.41, 5.74) is 1.46. The fourth-order valence-electron chi connectivity index (χ4n) is 3.29. The highest BCUT2D eigenvalue weighted by Gasteiger charge is 2.33. The van der Waals surface area contributed by atoms with Crippen molar-refractivity contribution in [2.24, 2.45) is 11.3 Å². The summed E-state index contributed by atoms with van der Waals surface area (Å²) in [5, 5.41) is 0.760. The molecular formula is C16H23N3OS. The van der Waals surface area contributed by atoms with Gasteiger partial charge in [-0.05, 0) is 43.1 Å². The summed E-state index contributed by atoms with van der Waals surface area (Å²) >= 11 is 1.69. The molecule has 0 bridgehead atoms. The van der Waals surface area contributed by atoms with Crippen LogP contribution in [0.2, 0.25) is 0 Å². The van der Waals surface area contributed by atoms with Crippen LogP contribution in [0.4, 0.5) is 0 Å². The fourth-order valence-corrected chi connectivity index (χ4v) is 4.63. The third-order valence-electron chi connectivity index (χ3n) is 5.31. The smallest absolute Gasteiger partial charge is 0.280 e. The van der Waals surface area contributed by atoms with Crippen LogP contribution in [0.1, 0.15) is 49.9 Å². The zero-order chi connectivity index (χ0) is 15.4. The normalized spacial score (nSPS) is 19.0. The van der Waals surface area contributed by atoms with Crippen molar-refractivity contribution in [3.05, 3.63) is 26.6 Å². The van der Waals surface area contributed by atoms with E-state index < -0.39 is 0 Å². The van der Waals surface area contributed by atoms with Gasteiger partial charge in [-0.1, -0.05) is 27.2 Å². The van der Waals surface area contributed by atoms with E-state index in [-0.39, 0.29) is 5.56 Å². The number of hydrogen-bond acceptors (Lipinski definition) is 4. The maximum absolute atomic E-state index is 12.4. The summed E-state index contributed by atoms with van der Waals surface area (Å²) < 4.78 is 1.18. The molecule has 0 aromatic carbocycles. The first-order valence-electron chi connectivity index (χ1n) is 7.64. The molecule has 1 aliphatic rings. The van der Waals surface area contributed by atoms with Gasteiger partial charge in [-0.3, -0.25) is 4.79 Å². The van der Waals surface area contributed by atoms with Gasteiger partial charge >= 0.3 is 0 Å². The highest BCUT2D eigenvalue weighted by atomic mass is 32.1. The molecule has 0 radical (unpaired) electrons. The van der Waals surface area contributed by atoms with Gasteiger partial charge in [0.2, 0.25) is 0 Å². The van der Waals surface area contributed by atoms with Crippen LogP contribution in [-0.2, 0) is 12.8 Å². The van der Waals surface area contributed by atoms with Crippen LogP contribution in [0, 0.1) is 18.3 Å². The lowest BCUT2D eigenvalue weighted by Gasteiger charge is -2.36. The predicted molar refractivity (Wildman–Crippen MR) is 88.4 cm³/mol. The molecule has 0 spiro atoms. The average Bonchev–Trinajstić information content (AvgIpc) is 2.81. The third kappa shape index (κ3) is 2.18. The third-order valence-corrected chi connectivity index (χ3v) is 6.46. The SMILES string of the molecule is CCC(C)(C)C1CCc2c(sc3nc(C)n(N)c(=O)c23)C1. The van der Waals surface area contributed by atoms with Crippen molar-refractivity contribution >= 4 is 21.6 Å². The molecule has 1 aliphatic carbocycles. The van der Waals surface area contributed by atoms with Crippen LogP contribution in [0.5, 0.6) is 0 Å². The average molecular weight is 305 g/mol. The van der Waals surface area contributed by atoms with Gasteiger partial charge in [-0.2, -0.15) is 0 Å². The Bertz CT molecular complexity index is 757. The molecule has 1 unspecified atom stereocenters. The lowest BCUT2D eigenvalue weighted by atomic mass is 9.70. The summed E-state index contributed by atoms with van der Waals surface area (Å²) in [5.74, 6) is 7.07. The molecule has 0 saturated heterocycles. The second-order valence-corrected chi connectivity index (χ2v) is 7.88. The van der Waals surface area contributed by atoms with E-state index in [1.54, 1.807) is 18.3 Å². The largest absolute Gasteiger partial charge is 0.335 e. The second-order valence-electron chi connectivity index (χ2n) is 6.80. The van der Waals surface area contributed by atoms with E-state index >= 15 is 0 Å². The Morgan fingerprint density at radius 3 is 2.86 bits per heavy atom. The van der Waals surface area contributed by atoms with E-state index in [1.165, 1.54) is 21.5 Å². The molecule has 21 heavy (non-hydrogen) atoms. The molecule has 5 heteroatoms. The van der Waals surface area contributed by atoms with Crippen molar-refractivity contribution in [1.29, 1.82) is 0 Å². The molecule has 2 heterocycles. The number of nitrogens with two attached hydrogens (primary N) is 1. The van der Waals surface area contributed by atoms with Crippen molar-refractivity contribution in [3.8, 4) is 0 Å². The Hall–Kier alpha value is -1.36. The van der Waals surface area contributed by atoms with Crippen LogP contribution >= 0.6 is 11.3 Å². The predicted octanol–water partition coefficient (Wildman–Crippen LogP) is 3.02. The minimum absolute atomic E-state index is 0.0943. The second kappa shape index (κ2) is 4.83. The Kier molecular flexibility index (Phi) is 3.35. The molecule has 3 rings (SSSR count).